The molecule has 1 amide bonds. The molecule has 1 aliphatic heterocycles. The van der Waals surface area contributed by atoms with Gasteiger partial charge in [0.25, 0.3) is 0 Å². The summed E-state index contributed by atoms with van der Waals surface area (Å²) in [5, 5.41) is 12.1. The molecule has 2 atom stereocenters. The van der Waals surface area contributed by atoms with E-state index in [2.05, 4.69) is 21.2 Å². The smallest absolute Gasteiger partial charge is 0.330 e. The van der Waals surface area contributed by atoms with E-state index in [1.807, 2.05) is 0 Å². The molecule has 0 aromatic heterocycles. The number of hydrogen-bond acceptors (Lipinski definition) is 3. The van der Waals surface area contributed by atoms with Crippen molar-refractivity contribution in [1.82, 2.24) is 5.32 Å². The second-order valence-electron chi connectivity index (χ2n) is 5.53. The molecule has 4 nitrogen and oxygen atoms in total. The molecule has 2 unspecified atom stereocenters. The van der Waals surface area contributed by atoms with Gasteiger partial charge >= 0.3 is 5.97 Å². The van der Waals surface area contributed by atoms with E-state index in [-0.39, 0.29) is 17.6 Å². The Labute approximate surface area is 141 Å². The minimum Gasteiger partial charge on any atom is -0.479 e. The van der Waals surface area contributed by atoms with Crippen molar-refractivity contribution in [2.45, 2.75) is 25.3 Å². The van der Waals surface area contributed by atoms with Crippen LogP contribution in [0.1, 0.15) is 18.9 Å². The zero-order valence-electron chi connectivity index (χ0n) is 12.1. The zero-order chi connectivity index (χ0) is 16.3. The van der Waals surface area contributed by atoms with Crippen LogP contribution in [0.4, 0.5) is 4.39 Å². The first-order chi connectivity index (χ1) is 10.3. The van der Waals surface area contributed by atoms with Crippen LogP contribution in [0.15, 0.2) is 22.7 Å². The van der Waals surface area contributed by atoms with E-state index in [0.717, 1.165) is 11.3 Å². The number of benzene rings is 1. The predicted molar refractivity (Wildman–Crippen MR) is 87.4 cm³/mol. The molecule has 0 radical (unpaired) electrons. The summed E-state index contributed by atoms with van der Waals surface area (Å²) in [5.74, 6) is -0.893. The fourth-order valence-electron chi connectivity index (χ4n) is 2.36. The number of amides is 1. The number of thioether (sulfide) groups is 1. The second-order valence-corrected chi connectivity index (χ2v) is 7.49. The monoisotopic (exact) mass is 389 g/mol. The number of hydrogen-bond donors (Lipinski definition) is 2. The molecular weight excluding hydrogens is 373 g/mol. The first-order valence-electron chi connectivity index (χ1n) is 6.91. The van der Waals surface area contributed by atoms with Crippen molar-refractivity contribution >= 4 is 39.6 Å². The van der Waals surface area contributed by atoms with Gasteiger partial charge in [0, 0.05) is 11.7 Å². The highest BCUT2D eigenvalue weighted by atomic mass is 79.9. The van der Waals surface area contributed by atoms with Crippen LogP contribution < -0.4 is 5.32 Å². The number of carbonyl (C=O) groups excluding carboxylic acids is 1. The third-order valence-electron chi connectivity index (χ3n) is 3.77. The molecule has 2 rings (SSSR count). The van der Waals surface area contributed by atoms with Gasteiger partial charge in [-0.15, -0.1) is 0 Å². The van der Waals surface area contributed by atoms with Gasteiger partial charge in [-0.25, -0.2) is 9.18 Å². The SMILES string of the molecule is CC(Cc1ccc(F)c(Br)c1)C(=O)NC1(C(=O)O)CCSC1. The molecular formula is C15H17BrFNO3S. The molecule has 22 heavy (non-hydrogen) atoms. The normalized spacial score (nSPS) is 22.3. The van der Waals surface area contributed by atoms with Gasteiger partial charge in [0.15, 0.2) is 0 Å². The van der Waals surface area contributed by atoms with Crippen molar-refractivity contribution in [3.63, 3.8) is 0 Å². The number of aliphatic carboxylic acids is 1. The van der Waals surface area contributed by atoms with Gasteiger partial charge in [-0.1, -0.05) is 13.0 Å². The summed E-state index contributed by atoms with van der Waals surface area (Å²) < 4.78 is 13.6. The maximum absolute atomic E-state index is 13.2. The average molecular weight is 390 g/mol. The highest BCUT2D eigenvalue weighted by Gasteiger charge is 2.43. The average Bonchev–Trinajstić information content (AvgIpc) is 2.92. The molecule has 1 aromatic rings. The molecule has 7 heteroatoms. The molecule has 1 saturated heterocycles. The van der Waals surface area contributed by atoms with Gasteiger partial charge in [-0.3, -0.25) is 4.79 Å². The van der Waals surface area contributed by atoms with E-state index >= 15 is 0 Å². The van der Waals surface area contributed by atoms with Crippen molar-refractivity contribution in [2.75, 3.05) is 11.5 Å². The van der Waals surface area contributed by atoms with Gasteiger partial charge in [0.05, 0.1) is 4.47 Å². The van der Waals surface area contributed by atoms with Crippen molar-refractivity contribution in [3.05, 3.63) is 34.1 Å². The topological polar surface area (TPSA) is 66.4 Å². The van der Waals surface area contributed by atoms with Gasteiger partial charge in [0.2, 0.25) is 5.91 Å². The van der Waals surface area contributed by atoms with Crippen LogP contribution in [-0.2, 0) is 16.0 Å². The summed E-state index contributed by atoms with van der Waals surface area (Å²) in [7, 11) is 0. The quantitative estimate of drug-likeness (QED) is 0.812. The first-order valence-corrected chi connectivity index (χ1v) is 8.86. The van der Waals surface area contributed by atoms with Crippen LogP contribution in [0, 0.1) is 11.7 Å². The van der Waals surface area contributed by atoms with Crippen molar-refractivity contribution < 1.29 is 19.1 Å². The molecule has 0 aliphatic carbocycles. The van der Waals surface area contributed by atoms with Gasteiger partial charge in [-0.05, 0) is 52.2 Å². The predicted octanol–water partition coefficient (Wildman–Crippen LogP) is 2.84. The molecule has 1 aromatic carbocycles. The summed E-state index contributed by atoms with van der Waals surface area (Å²) in [5.41, 5.74) is -0.333. The fraction of sp³-hybridized carbons (Fsp3) is 0.467. The van der Waals surface area contributed by atoms with E-state index in [1.165, 1.54) is 17.8 Å². The third kappa shape index (κ3) is 3.81. The van der Waals surface area contributed by atoms with Crippen LogP contribution in [0.5, 0.6) is 0 Å². The lowest BCUT2D eigenvalue weighted by Crippen LogP contribution is -2.56. The number of carboxylic acid groups (broad SMARTS) is 1. The van der Waals surface area contributed by atoms with Gasteiger partial charge < -0.3 is 10.4 Å². The highest BCUT2D eigenvalue weighted by Crippen LogP contribution is 2.29. The second kappa shape index (κ2) is 7.00. The lowest BCUT2D eigenvalue weighted by molar-refractivity contribution is -0.147. The fourth-order valence-corrected chi connectivity index (χ4v) is 4.11. The number of carbonyl (C=O) groups is 2. The summed E-state index contributed by atoms with van der Waals surface area (Å²) in [4.78, 5) is 23.7. The summed E-state index contributed by atoms with van der Waals surface area (Å²) >= 11 is 4.64. The number of carboxylic acids is 1. The van der Waals surface area contributed by atoms with Gasteiger partial charge in [0.1, 0.15) is 11.4 Å². The van der Waals surface area contributed by atoms with Gasteiger partial charge in [-0.2, -0.15) is 11.8 Å². The first kappa shape index (κ1) is 17.3. The van der Waals surface area contributed by atoms with Crippen LogP contribution >= 0.6 is 27.7 Å². The van der Waals surface area contributed by atoms with Crippen molar-refractivity contribution in [3.8, 4) is 0 Å². The standard InChI is InChI=1S/C15H17BrFNO3S/c1-9(6-10-2-3-12(17)11(16)7-10)13(19)18-15(14(20)21)4-5-22-8-15/h2-3,7,9H,4-6,8H2,1H3,(H,18,19)(H,20,21). The van der Waals surface area contributed by atoms with E-state index in [9.17, 15) is 19.1 Å². The Balaban J connectivity index is 2.02. The summed E-state index contributed by atoms with van der Waals surface area (Å²) in [6.45, 7) is 1.74. The number of rotatable bonds is 5. The van der Waals surface area contributed by atoms with E-state index < -0.39 is 11.5 Å². The maximum Gasteiger partial charge on any atom is 0.330 e. The van der Waals surface area contributed by atoms with Crippen LogP contribution in [0.3, 0.4) is 0 Å². The Morgan fingerprint density at radius 1 is 1.55 bits per heavy atom. The molecule has 120 valence electrons. The highest BCUT2D eigenvalue weighted by molar-refractivity contribution is 9.10. The molecule has 0 bridgehead atoms. The summed E-state index contributed by atoms with van der Waals surface area (Å²) in [6.07, 6.45) is 0.862. The summed E-state index contributed by atoms with van der Waals surface area (Å²) in [6, 6.07) is 4.61. The molecule has 1 aliphatic rings. The molecule has 0 saturated carbocycles. The minimum absolute atomic E-state index is 0.287. The van der Waals surface area contributed by atoms with Crippen molar-refractivity contribution in [2.24, 2.45) is 5.92 Å². The molecule has 2 N–H and O–H groups in total. The Morgan fingerprint density at radius 2 is 2.27 bits per heavy atom. The van der Waals surface area contributed by atoms with E-state index in [1.54, 1.807) is 19.1 Å². The zero-order valence-corrected chi connectivity index (χ0v) is 14.5. The maximum atomic E-state index is 13.2. The number of halogens is 2. The Bertz CT molecular complexity index is 590. The van der Waals surface area contributed by atoms with Crippen molar-refractivity contribution in [1.29, 1.82) is 0 Å². The van der Waals surface area contributed by atoms with Crippen LogP contribution in [-0.4, -0.2) is 34.0 Å². The van der Waals surface area contributed by atoms with E-state index in [4.69, 9.17) is 0 Å². The number of nitrogens with one attached hydrogen (secondary N) is 1. The lowest BCUT2D eigenvalue weighted by atomic mass is 9.95. The van der Waals surface area contributed by atoms with Crippen LogP contribution in [0.25, 0.3) is 0 Å². The molecule has 0 spiro atoms. The van der Waals surface area contributed by atoms with E-state index in [0.29, 0.717) is 23.1 Å². The molecule has 1 heterocycles. The largest absolute Gasteiger partial charge is 0.479 e. The molecule has 1 fully saturated rings. The third-order valence-corrected chi connectivity index (χ3v) is 5.56. The minimum atomic E-state index is -1.15. The van der Waals surface area contributed by atoms with Crippen LogP contribution in [0.2, 0.25) is 0 Å². The Kier molecular flexibility index (Phi) is 5.50. The Morgan fingerprint density at radius 3 is 2.82 bits per heavy atom. The Hall–Kier alpha value is -1.08. The lowest BCUT2D eigenvalue weighted by Gasteiger charge is -2.26.